The number of nitrogens with two attached hydrogens (primary N) is 1. The highest BCUT2D eigenvalue weighted by molar-refractivity contribution is 5.95. The van der Waals surface area contributed by atoms with E-state index in [-0.39, 0.29) is 17.9 Å². The number of carbonyl (C=O) groups excluding carboxylic acids is 1. The van der Waals surface area contributed by atoms with E-state index in [4.69, 9.17) is 5.73 Å². The molecule has 0 saturated carbocycles. The molecule has 1 heterocycles. The maximum Gasteiger partial charge on any atom is 0.238 e. The summed E-state index contributed by atoms with van der Waals surface area (Å²) >= 11 is 0. The van der Waals surface area contributed by atoms with Crippen LogP contribution in [-0.4, -0.2) is 41.7 Å². The van der Waals surface area contributed by atoms with E-state index in [1.807, 2.05) is 32.0 Å². The summed E-state index contributed by atoms with van der Waals surface area (Å²) in [6.45, 7) is 5.81. The molecule has 0 aromatic heterocycles. The first-order chi connectivity index (χ1) is 9.45. The lowest BCUT2D eigenvalue weighted by Crippen LogP contribution is -2.45. The molecule has 1 aliphatic rings. The van der Waals surface area contributed by atoms with Gasteiger partial charge in [-0.2, -0.15) is 0 Å². The third-order valence-electron chi connectivity index (χ3n) is 3.79. The van der Waals surface area contributed by atoms with Crippen molar-refractivity contribution >= 4 is 17.3 Å². The Hall–Kier alpha value is -1.59. The molecule has 1 aromatic carbocycles. The summed E-state index contributed by atoms with van der Waals surface area (Å²) in [6.07, 6.45) is 0.475. The summed E-state index contributed by atoms with van der Waals surface area (Å²) in [6, 6.07) is 5.59. The number of hydrogen-bond donors (Lipinski definition) is 3. The van der Waals surface area contributed by atoms with Crippen molar-refractivity contribution in [3.8, 4) is 0 Å². The Morgan fingerprint density at radius 1 is 1.55 bits per heavy atom. The van der Waals surface area contributed by atoms with E-state index < -0.39 is 0 Å². The summed E-state index contributed by atoms with van der Waals surface area (Å²) in [4.78, 5) is 14.1. The van der Waals surface area contributed by atoms with Gasteiger partial charge in [0, 0.05) is 13.1 Å². The van der Waals surface area contributed by atoms with Crippen molar-refractivity contribution in [1.82, 2.24) is 4.90 Å². The zero-order valence-corrected chi connectivity index (χ0v) is 12.1. The van der Waals surface area contributed by atoms with Crippen LogP contribution in [0.25, 0.3) is 0 Å². The molecule has 5 heteroatoms. The van der Waals surface area contributed by atoms with Crippen LogP contribution in [0, 0.1) is 12.8 Å². The average molecular weight is 277 g/mol. The number of amides is 1. The number of aryl methyl sites for hydroxylation is 1. The number of piperidine rings is 1. The van der Waals surface area contributed by atoms with Crippen LogP contribution < -0.4 is 11.1 Å². The molecule has 1 amide bonds. The summed E-state index contributed by atoms with van der Waals surface area (Å²) in [5.41, 5.74) is 8.19. The Morgan fingerprint density at radius 3 is 2.95 bits per heavy atom. The number of anilines is 2. The minimum Gasteiger partial charge on any atom is -0.397 e. The van der Waals surface area contributed by atoms with Gasteiger partial charge in [-0.25, -0.2) is 0 Å². The SMILES string of the molecule is Cc1ccc(NC(=O)CN2CCC(O)C(C)C2)c(N)c1. The zero-order valence-electron chi connectivity index (χ0n) is 12.1. The molecule has 1 fully saturated rings. The summed E-state index contributed by atoms with van der Waals surface area (Å²) in [5, 5.41) is 12.5. The van der Waals surface area contributed by atoms with Gasteiger partial charge in [-0.1, -0.05) is 13.0 Å². The second-order valence-corrected chi connectivity index (χ2v) is 5.71. The van der Waals surface area contributed by atoms with Crippen LogP contribution in [0.4, 0.5) is 11.4 Å². The maximum absolute atomic E-state index is 12.0. The van der Waals surface area contributed by atoms with Crippen molar-refractivity contribution < 1.29 is 9.90 Å². The molecule has 1 aliphatic heterocycles. The highest BCUT2D eigenvalue weighted by Crippen LogP contribution is 2.20. The Bertz CT molecular complexity index is 490. The first-order valence-corrected chi connectivity index (χ1v) is 7.02. The van der Waals surface area contributed by atoms with E-state index in [1.54, 1.807) is 0 Å². The molecule has 0 radical (unpaired) electrons. The predicted molar refractivity (Wildman–Crippen MR) is 80.4 cm³/mol. The summed E-state index contributed by atoms with van der Waals surface area (Å²) < 4.78 is 0. The van der Waals surface area contributed by atoms with Crippen molar-refractivity contribution in [2.24, 2.45) is 5.92 Å². The van der Waals surface area contributed by atoms with Crippen LogP contribution in [0.3, 0.4) is 0 Å². The molecular formula is C15H23N3O2. The molecule has 2 rings (SSSR count). The third kappa shape index (κ3) is 3.71. The van der Waals surface area contributed by atoms with E-state index >= 15 is 0 Å². The highest BCUT2D eigenvalue weighted by atomic mass is 16.3. The van der Waals surface area contributed by atoms with E-state index in [9.17, 15) is 9.90 Å². The van der Waals surface area contributed by atoms with Gasteiger partial charge >= 0.3 is 0 Å². The van der Waals surface area contributed by atoms with Crippen LogP contribution >= 0.6 is 0 Å². The normalized spacial score (nSPS) is 23.6. The number of nitrogens with one attached hydrogen (secondary N) is 1. The smallest absolute Gasteiger partial charge is 0.238 e. The molecule has 1 saturated heterocycles. The molecular weight excluding hydrogens is 254 g/mol. The van der Waals surface area contributed by atoms with E-state index in [0.29, 0.717) is 17.9 Å². The number of aliphatic hydroxyl groups excluding tert-OH is 1. The van der Waals surface area contributed by atoms with Gasteiger partial charge in [-0.05, 0) is 37.0 Å². The molecule has 20 heavy (non-hydrogen) atoms. The monoisotopic (exact) mass is 277 g/mol. The summed E-state index contributed by atoms with van der Waals surface area (Å²) in [5.74, 6) is 0.144. The highest BCUT2D eigenvalue weighted by Gasteiger charge is 2.25. The van der Waals surface area contributed by atoms with Crippen molar-refractivity contribution in [2.45, 2.75) is 26.4 Å². The van der Waals surface area contributed by atoms with Gasteiger partial charge in [0.05, 0.1) is 24.0 Å². The number of benzene rings is 1. The molecule has 2 unspecified atom stereocenters. The van der Waals surface area contributed by atoms with Crippen molar-refractivity contribution in [3.63, 3.8) is 0 Å². The van der Waals surface area contributed by atoms with E-state index in [2.05, 4.69) is 10.2 Å². The molecule has 2 atom stereocenters. The van der Waals surface area contributed by atoms with Gasteiger partial charge in [-0.3, -0.25) is 9.69 Å². The number of likely N-dealkylation sites (tertiary alicyclic amines) is 1. The first-order valence-electron chi connectivity index (χ1n) is 7.02. The number of carbonyl (C=O) groups is 1. The Labute approximate surface area is 119 Å². The second-order valence-electron chi connectivity index (χ2n) is 5.71. The number of nitrogen functional groups attached to an aromatic ring is 1. The zero-order chi connectivity index (χ0) is 14.7. The Morgan fingerprint density at radius 2 is 2.30 bits per heavy atom. The standard InChI is InChI=1S/C15H23N3O2/c1-10-3-4-13(12(16)7-10)17-15(20)9-18-6-5-14(19)11(2)8-18/h3-4,7,11,14,19H,5-6,8-9,16H2,1-2H3,(H,17,20). The Kier molecular flexibility index (Phi) is 4.62. The summed E-state index contributed by atoms with van der Waals surface area (Å²) in [7, 11) is 0. The molecule has 0 bridgehead atoms. The van der Waals surface area contributed by atoms with Crippen LogP contribution in [-0.2, 0) is 4.79 Å². The molecule has 1 aromatic rings. The lowest BCUT2D eigenvalue weighted by atomic mass is 9.97. The lowest BCUT2D eigenvalue weighted by molar-refractivity contribution is -0.118. The topological polar surface area (TPSA) is 78.6 Å². The average Bonchev–Trinajstić information content (AvgIpc) is 2.37. The van der Waals surface area contributed by atoms with E-state index in [1.165, 1.54) is 0 Å². The quantitative estimate of drug-likeness (QED) is 0.726. The number of hydrogen-bond acceptors (Lipinski definition) is 4. The van der Waals surface area contributed by atoms with Crippen LogP contribution in [0.1, 0.15) is 18.9 Å². The van der Waals surface area contributed by atoms with Crippen LogP contribution in [0.5, 0.6) is 0 Å². The van der Waals surface area contributed by atoms with Gasteiger partial charge in [0.15, 0.2) is 0 Å². The van der Waals surface area contributed by atoms with Crippen molar-refractivity contribution in [2.75, 3.05) is 30.7 Å². The fraction of sp³-hybridized carbons (Fsp3) is 0.533. The largest absolute Gasteiger partial charge is 0.397 e. The maximum atomic E-state index is 12.0. The van der Waals surface area contributed by atoms with Gasteiger partial charge < -0.3 is 16.2 Å². The molecule has 4 N–H and O–H groups in total. The fourth-order valence-corrected chi connectivity index (χ4v) is 2.55. The van der Waals surface area contributed by atoms with Gasteiger partial charge in [0.1, 0.15) is 0 Å². The third-order valence-corrected chi connectivity index (χ3v) is 3.79. The molecule has 5 nitrogen and oxygen atoms in total. The van der Waals surface area contributed by atoms with Crippen molar-refractivity contribution in [3.05, 3.63) is 23.8 Å². The van der Waals surface area contributed by atoms with Gasteiger partial charge in [-0.15, -0.1) is 0 Å². The Balaban J connectivity index is 1.89. The molecule has 0 spiro atoms. The van der Waals surface area contributed by atoms with Gasteiger partial charge in [0.25, 0.3) is 0 Å². The van der Waals surface area contributed by atoms with Gasteiger partial charge in [0.2, 0.25) is 5.91 Å². The second kappa shape index (κ2) is 6.24. The van der Waals surface area contributed by atoms with Crippen LogP contribution in [0.15, 0.2) is 18.2 Å². The molecule has 110 valence electrons. The fourth-order valence-electron chi connectivity index (χ4n) is 2.55. The molecule has 0 aliphatic carbocycles. The number of aliphatic hydroxyl groups is 1. The van der Waals surface area contributed by atoms with Crippen molar-refractivity contribution in [1.29, 1.82) is 0 Å². The van der Waals surface area contributed by atoms with E-state index in [0.717, 1.165) is 25.1 Å². The lowest BCUT2D eigenvalue weighted by Gasteiger charge is -2.33. The minimum absolute atomic E-state index is 0.0656. The van der Waals surface area contributed by atoms with Crippen LogP contribution in [0.2, 0.25) is 0 Å². The first kappa shape index (κ1) is 14.8. The number of nitrogens with zero attached hydrogens (tertiary/aromatic N) is 1. The predicted octanol–water partition coefficient (Wildman–Crippen LogP) is 1.22. The minimum atomic E-state index is -0.248. The number of rotatable bonds is 3.